The third-order valence-corrected chi connectivity index (χ3v) is 3.35. The summed E-state index contributed by atoms with van der Waals surface area (Å²) in [5, 5.41) is 11.6. The Morgan fingerprint density at radius 3 is 2.48 bits per heavy atom. The van der Waals surface area contributed by atoms with Crippen LogP contribution in [0.25, 0.3) is 0 Å². The number of nitrogens with zero attached hydrogens (tertiary/aromatic N) is 1. The molecule has 0 saturated heterocycles. The van der Waals surface area contributed by atoms with Crippen molar-refractivity contribution in [1.82, 2.24) is 0 Å². The highest BCUT2D eigenvalue weighted by atomic mass is 35.5. The summed E-state index contributed by atoms with van der Waals surface area (Å²) >= 11 is 12.0. The molecule has 0 amide bonds. The van der Waals surface area contributed by atoms with Gasteiger partial charge >= 0.3 is 5.69 Å². The first-order valence-electron chi connectivity index (χ1n) is 6.05. The van der Waals surface area contributed by atoms with Crippen LogP contribution in [-0.4, -0.2) is 4.92 Å². The molecule has 1 atom stereocenters. The topological polar surface area (TPSA) is 78.4 Å². The Bertz CT molecular complexity index is 690. The fourth-order valence-electron chi connectivity index (χ4n) is 1.72. The SMILES string of the molecule is C[C@@H](N)c1ccc(Oc2cc(Cl)ccc2[N+](=O)[O-])c(Cl)c1. The Labute approximate surface area is 131 Å². The van der Waals surface area contributed by atoms with Crippen LogP contribution in [0.1, 0.15) is 18.5 Å². The largest absolute Gasteiger partial charge is 0.449 e. The lowest BCUT2D eigenvalue weighted by atomic mass is 10.1. The Balaban J connectivity index is 2.38. The predicted octanol–water partition coefficient (Wildman–Crippen LogP) is 4.71. The molecule has 0 heterocycles. The highest BCUT2D eigenvalue weighted by molar-refractivity contribution is 6.32. The number of nitro groups is 1. The summed E-state index contributed by atoms with van der Waals surface area (Å²) in [7, 11) is 0. The van der Waals surface area contributed by atoms with Crippen molar-refractivity contribution in [2.24, 2.45) is 5.73 Å². The molecule has 0 aromatic heterocycles. The minimum atomic E-state index is -0.546. The zero-order valence-corrected chi connectivity index (χ0v) is 12.6. The standard InChI is InChI=1S/C14H12Cl2N2O3/c1-8(17)9-2-5-13(11(16)6-9)21-14-7-10(15)3-4-12(14)18(19)20/h2-8H,17H2,1H3/t8-/m1/s1. The number of hydrogen-bond donors (Lipinski definition) is 1. The van der Waals surface area contributed by atoms with Gasteiger partial charge in [0.15, 0.2) is 0 Å². The van der Waals surface area contributed by atoms with E-state index in [0.717, 1.165) is 5.56 Å². The zero-order valence-electron chi connectivity index (χ0n) is 11.0. The maximum Gasteiger partial charge on any atom is 0.311 e. The fourth-order valence-corrected chi connectivity index (χ4v) is 2.11. The van der Waals surface area contributed by atoms with E-state index < -0.39 is 4.92 Å². The average molecular weight is 327 g/mol. The number of nitrogens with two attached hydrogens (primary N) is 1. The van der Waals surface area contributed by atoms with Gasteiger partial charge in [0, 0.05) is 23.2 Å². The second kappa shape index (κ2) is 6.30. The molecule has 0 aliphatic rings. The molecule has 0 aliphatic carbocycles. The minimum Gasteiger partial charge on any atom is -0.449 e. The summed E-state index contributed by atoms with van der Waals surface area (Å²) in [5.41, 5.74) is 6.42. The summed E-state index contributed by atoms with van der Waals surface area (Å²) in [6.45, 7) is 1.83. The quantitative estimate of drug-likeness (QED) is 0.651. The van der Waals surface area contributed by atoms with Crippen molar-refractivity contribution < 1.29 is 9.66 Å². The van der Waals surface area contributed by atoms with E-state index in [-0.39, 0.29) is 17.5 Å². The van der Waals surface area contributed by atoms with E-state index in [1.807, 2.05) is 6.92 Å². The first-order valence-corrected chi connectivity index (χ1v) is 6.81. The highest BCUT2D eigenvalue weighted by Crippen LogP contribution is 2.37. The number of nitro benzene ring substituents is 1. The number of rotatable bonds is 4. The summed E-state index contributed by atoms with van der Waals surface area (Å²) in [6.07, 6.45) is 0. The Morgan fingerprint density at radius 1 is 1.19 bits per heavy atom. The highest BCUT2D eigenvalue weighted by Gasteiger charge is 2.17. The smallest absolute Gasteiger partial charge is 0.311 e. The first-order chi connectivity index (χ1) is 9.88. The number of halogens is 2. The molecule has 2 aromatic rings. The Kier molecular flexibility index (Phi) is 4.67. The molecule has 2 aromatic carbocycles. The maximum absolute atomic E-state index is 11.0. The molecule has 0 bridgehead atoms. The molecule has 0 saturated carbocycles. The van der Waals surface area contributed by atoms with Crippen LogP contribution in [0.5, 0.6) is 11.5 Å². The zero-order chi connectivity index (χ0) is 15.6. The molecule has 21 heavy (non-hydrogen) atoms. The van der Waals surface area contributed by atoms with E-state index in [2.05, 4.69) is 0 Å². The van der Waals surface area contributed by atoms with Gasteiger partial charge in [-0.25, -0.2) is 0 Å². The van der Waals surface area contributed by atoms with Gasteiger partial charge in [-0.15, -0.1) is 0 Å². The van der Waals surface area contributed by atoms with E-state index in [1.165, 1.54) is 18.2 Å². The van der Waals surface area contributed by atoms with Gasteiger partial charge in [0.05, 0.1) is 9.95 Å². The van der Waals surface area contributed by atoms with Gasteiger partial charge in [-0.1, -0.05) is 29.3 Å². The number of hydrogen-bond acceptors (Lipinski definition) is 4. The molecule has 5 nitrogen and oxygen atoms in total. The minimum absolute atomic E-state index is 0.0305. The molecular weight excluding hydrogens is 315 g/mol. The van der Waals surface area contributed by atoms with E-state index in [4.69, 9.17) is 33.7 Å². The van der Waals surface area contributed by atoms with Crippen molar-refractivity contribution in [3.63, 3.8) is 0 Å². The van der Waals surface area contributed by atoms with Gasteiger partial charge in [0.1, 0.15) is 5.75 Å². The second-order valence-corrected chi connectivity index (χ2v) is 5.29. The van der Waals surface area contributed by atoms with Crippen molar-refractivity contribution in [2.75, 3.05) is 0 Å². The van der Waals surface area contributed by atoms with Gasteiger partial charge in [0.25, 0.3) is 0 Å². The molecular formula is C14H12Cl2N2O3. The van der Waals surface area contributed by atoms with Gasteiger partial charge < -0.3 is 10.5 Å². The second-order valence-electron chi connectivity index (χ2n) is 4.45. The number of ether oxygens (including phenoxy) is 1. The third kappa shape index (κ3) is 3.64. The van der Waals surface area contributed by atoms with E-state index >= 15 is 0 Å². The molecule has 0 radical (unpaired) electrons. The van der Waals surface area contributed by atoms with Crippen LogP contribution in [-0.2, 0) is 0 Å². The van der Waals surface area contributed by atoms with Crippen LogP contribution >= 0.6 is 23.2 Å². The summed E-state index contributed by atoms with van der Waals surface area (Å²) in [4.78, 5) is 10.4. The van der Waals surface area contributed by atoms with Gasteiger partial charge in [0.2, 0.25) is 5.75 Å². The molecule has 0 aliphatic heterocycles. The summed E-state index contributed by atoms with van der Waals surface area (Å²) < 4.78 is 5.52. The van der Waals surface area contributed by atoms with Crippen LogP contribution in [0.4, 0.5) is 5.69 Å². The van der Waals surface area contributed by atoms with Crippen molar-refractivity contribution in [2.45, 2.75) is 13.0 Å². The third-order valence-electron chi connectivity index (χ3n) is 2.82. The Morgan fingerprint density at radius 2 is 1.90 bits per heavy atom. The van der Waals surface area contributed by atoms with Gasteiger partial charge in [-0.2, -0.15) is 0 Å². The number of benzene rings is 2. The van der Waals surface area contributed by atoms with E-state index in [1.54, 1.807) is 18.2 Å². The van der Waals surface area contributed by atoms with E-state index in [0.29, 0.717) is 15.8 Å². The lowest BCUT2D eigenvalue weighted by Crippen LogP contribution is -2.04. The fraction of sp³-hybridized carbons (Fsp3) is 0.143. The summed E-state index contributed by atoms with van der Waals surface area (Å²) in [6, 6.07) is 8.94. The normalized spacial score (nSPS) is 12.0. The molecule has 0 spiro atoms. The van der Waals surface area contributed by atoms with E-state index in [9.17, 15) is 10.1 Å². The molecule has 0 unspecified atom stereocenters. The lowest BCUT2D eigenvalue weighted by molar-refractivity contribution is -0.385. The first kappa shape index (κ1) is 15.6. The predicted molar refractivity (Wildman–Crippen MR) is 82.2 cm³/mol. The maximum atomic E-state index is 11.0. The monoisotopic (exact) mass is 326 g/mol. The van der Waals surface area contributed by atoms with Crippen LogP contribution in [0.2, 0.25) is 10.0 Å². The van der Waals surface area contributed by atoms with Crippen LogP contribution in [0, 0.1) is 10.1 Å². The van der Waals surface area contributed by atoms with Crippen molar-refractivity contribution in [1.29, 1.82) is 0 Å². The van der Waals surface area contributed by atoms with Gasteiger partial charge in [-0.05, 0) is 30.7 Å². The van der Waals surface area contributed by atoms with Gasteiger partial charge in [-0.3, -0.25) is 10.1 Å². The lowest BCUT2D eigenvalue weighted by Gasteiger charge is -2.11. The van der Waals surface area contributed by atoms with Crippen molar-refractivity contribution >= 4 is 28.9 Å². The average Bonchev–Trinajstić information content (AvgIpc) is 2.40. The molecule has 2 rings (SSSR count). The van der Waals surface area contributed by atoms with Crippen LogP contribution in [0.3, 0.4) is 0 Å². The molecule has 7 heteroatoms. The van der Waals surface area contributed by atoms with Crippen LogP contribution < -0.4 is 10.5 Å². The molecule has 2 N–H and O–H groups in total. The Hall–Kier alpha value is -1.82. The van der Waals surface area contributed by atoms with Crippen molar-refractivity contribution in [3.05, 3.63) is 62.1 Å². The van der Waals surface area contributed by atoms with Crippen LogP contribution in [0.15, 0.2) is 36.4 Å². The summed E-state index contributed by atoms with van der Waals surface area (Å²) in [5.74, 6) is 0.328. The molecule has 110 valence electrons. The molecule has 0 fully saturated rings. The van der Waals surface area contributed by atoms with Crippen molar-refractivity contribution in [3.8, 4) is 11.5 Å².